The maximum Gasteiger partial charge on any atom is 0.326 e. The highest BCUT2D eigenvalue weighted by Crippen LogP contribution is 2.31. The number of hydrogen-bond acceptors (Lipinski definition) is 5. The third-order valence-corrected chi connectivity index (χ3v) is 4.33. The first-order chi connectivity index (χ1) is 13.5. The number of carbonyl (C=O) groups is 3. The van der Waals surface area contributed by atoms with E-state index in [1.807, 2.05) is 30.3 Å². The van der Waals surface area contributed by atoms with Crippen LogP contribution in [0.2, 0.25) is 0 Å². The molecule has 0 spiro atoms. The van der Waals surface area contributed by atoms with Crippen LogP contribution in [0.25, 0.3) is 0 Å². The molecule has 3 rings (SSSR count). The summed E-state index contributed by atoms with van der Waals surface area (Å²) in [4.78, 5) is 37.8. The second kappa shape index (κ2) is 9.03. The van der Waals surface area contributed by atoms with Crippen LogP contribution in [-0.4, -0.2) is 43.6 Å². The molecular weight excluding hydrogens is 360 g/mol. The van der Waals surface area contributed by atoms with Gasteiger partial charge < -0.3 is 14.8 Å². The third-order valence-electron chi connectivity index (χ3n) is 4.33. The number of nitrogens with one attached hydrogen (secondary N) is 1. The summed E-state index contributed by atoms with van der Waals surface area (Å²) in [5, 5.41) is 2.75. The van der Waals surface area contributed by atoms with Crippen LogP contribution in [-0.2, 0) is 25.5 Å². The molecule has 1 aliphatic heterocycles. The number of nitrogens with zero attached hydrogens (tertiary/aromatic N) is 1. The summed E-state index contributed by atoms with van der Waals surface area (Å²) in [5.74, 6) is -0.842. The van der Waals surface area contributed by atoms with Crippen LogP contribution in [0.4, 0.5) is 5.69 Å². The van der Waals surface area contributed by atoms with Crippen LogP contribution in [0.15, 0.2) is 54.6 Å². The summed E-state index contributed by atoms with van der Waals surface area (Å²) in [6.07, 6.45) is -0.263. The van der Waals surface area contributed by atoms with E-state index in [1.165, 1.54) is 11.8 Å². The van der Waals surface area contributed by atoms with Crippen molar-refractivity contribution < 1.29 is 23.9 Å². The number of rotatable bonds is 7. The predicted molar refractivity (Wildman–Crippen MR) is 103 cm³/mol. The average molecular weight is 382 g/mol. The summed E-state index contributed by atoms with van der Waals surface area (Å²) in [7, 11) is 0. The van der Waals surface area contributed by atoms with Gasteiger partial charge in [-0.3, -0.25) is 19.3 Å². The standard InChI is InChI=1S/C21H22N2O5/c1-15(21(26)22-12-11-16-7-3-2-4-8-16)28-20(25)13-23-17-9-5-6-10-18(17)27-14-19(23)24/h2-10,15H,11-14H2,1H3,(H,22,26). The zero-order chi connectivity index (χ0) is 19.9. The number of para-hydroxylation sites is 2. The van der Waals surface area contributed by atoms with Gasteiger partial charge in [-0.1, -0.05) is 42.5 Å². The van der Waals surface area contributed by atoms with Crippen LogP contribution in [0.1, 0.15) is 12.5 Å². The summed E-state index contributed by atoms with van der Waals surface area (Å²) in [6.45, 7) is 1.53. The molecule has 2 amide bonds. The first-order valence-electron chi connectivity index (χ1n) is 9.08. The molecule has 1 unspecified atom stereocenters. The van der Waals surface area contributed by atoms with E-state index in [-0.39, 0.29) is 25.0 Å². The minimum atomic E-state index is -0.949. The quantitative estimate of drug-likeness (QED) is 0.737. The van der Waals surface area contributed by atoms with Gasteiger partial charge in [0.25, 0.3) is 11.8 Å². The number of carbonyl (C=O) groups excluding carboxylic acids is 3. The van der Waals surface area contributed by atoms with Gasteiger partial charge in [-0.2, -0.15) is 0 Å². The Morgan fingerprint density at radius 2 is 1.86 bits per heavy atom. The second-order valence-electron chi connectivity index (χ2n) is 6.39. The van der Waals surface area contributed by atoms with Gasteiger partial charge in [0.1, 0.15) is 12.3 Å². The van der Waals surface area contributed by atoms with Crippen molar-refractivity contribution in [3.63, 3.8) is 0 Å². The van der Waals surface area contributed by atoms with Crippen LogP contribution in [0.5, 0.6) is 5.75 Å². The lowest BCUT2D eigenvalue weighted by Gasteiger charge is -2.28. The number of hydrogen-bond donors (Lipinski definition) is 1. The van der Waals surface area contributed by atoms with Crippen molar-refractivity contribution in [2.45, 2.75) is 19.4 Å². The number of ether oxygens (including phenoxy) is 2. The molecule has 146 valence electrons. The Balaban J connectivity index is 1.49. The highest BCUT2D eigenvalue weighted by atomic mass is 16.5. The van der Waals surface area contributed by atoms with Crippen molar-refractivity contribution in [1.29, 1.82) is 0 Å². The lowest BCUT2D eigenvalue weighted by atomic mass is 10.1. The topological polar surface area (TPSA) is 84.9 Å². The van der Waals surface area contributed by atoms with Crippen molar-refractivity contribution in [2.75, 3.05) is 24.6 Å². The van der Waals surface area contributed by atoms with Gasteiger partial charge in [0.05, 0.1) is 5.69 Å². The molecule has 1 heterocycles. The van der Waals surface area contributed by atoms with Gasteiger partial charge in [0.15, 0.2) is 12.7 Å². The molecule has 7 heteroatoms. The summed E-state index contributed by atoms with van der Waals surface area (Å²) >= 11 is 0. The van der Waals surface area contributed by atoms with Crippen LogP contribution in [0, 0.1) is 0 Å². The maximum atomic E-state index is 12.2. The zero-order valence-corrected chi connectivity index (χ0v) is 15.6. The van der Waals surface area contributed by atoms with Gasteiger partial charge in [-0.25, -0.2) is 0 Å². The molecule has 0 saturated carbocycles. The van der Waals surface area contributed by atoms with Crippen molar-refractivity contribution in [3.8, 4) is 5.75 Å². The lowest BCUT2D eigenvalue weighted by molar-refractivity contribution is -0.153. The van der Waals surface area contributed by atoms with Gasteiger partial charge in [0, 0.05) is 6.54 Å². The van der Waals surface area contributed by atoms with Crippen molar-refractivity contribution in [3.05, 3.63) is 60.2 Å². The number of fused-ring (bicyclic) bond motifs is 1. The van der Waals surface area contributed by atoms with Gasteiger partial charge >= 0.3 is 5.97 Å². The molecule has 0 aliphatic carbocycles. The fourth-order valence-corrected chi connectivity index (χ4v) is 2.86. The van der Waals surface area contributed by atoms with Gasteiger partial charge in [-0.15, -0.1) is 0 Å². The number of amides is 2. The van der Waals surface area contributed by atoms with Crippen molar-refractivity contribution in [1.82, 2.24) is 5.32 Å². The average Bonchev–Trinajstić information content (AvgIpc) is 2.71. The van der Waals surface area contributed by atoms with E-state index in [4.69, 9.17) is 9.47 Å². The SMILES string of the molecule is CC(OC(=O)CN1C(=O)COc2ccccc21)C(=O)NCCc1ccccc1. The van der Waals surface area contributed by atoms with E-state index in [0.29, 0.717) is 24.4 Å². The molecule has 0 radical (unpaired) electrons. The second-order valence-corrected chi connectivity index (χ2v) is 6.39. The minimum absolute atomic E-state index is 0.139. The van der Waals surface area contributed by atoms with E-state index in [1.54, 1.807) is 24.3 Å². The van der Waals surface area contributed by atoms with Crippen molar-refractivity contribution >= 4 is 23.5 Å². The third kappa shape index (κ3) is 4.88. The fraction of sp³-hybridized carbons (Fsp3) is 0.286. The molecular formula is C21H22N2O5. The zero-order valence-electron chi connectivity index (χ0n) is 15.6. The maximum absolute atomic E-state index is 12.2. The van der Waals surface area contributed by atoms with Crippen LogP contribution in [0.3, 0.4) is 0 Å². The Kier molecular flexibility index (Phi) is 6.26. The summed E-state index contributed by atoms with van der Waals surface area (Å²) in [5.41, 5.74) is 1.62. The molecule has 0 aromatic heterocycles. The predicted octanol–water partition coefficient (Wildman–Crippen LogP) is 1.70. The molecule has 7 nitrogen and oxygen atoms in total. The van der Waals surface area contributed by atoms with Crippen LogP contribution < -0.4 is 15.0 Å². The molecule has 1 aliphatic rings. The lowest BCUT2D eigenvalue weighted by Crippen LogP contribution is -2.44. The van der Waals surface area contributed by atoms with Gasteiger partial charge in [-0.05, 0) is 31.0 Å². The molecule has 1 N–H and O–H groups in total. The van der Waals surface area contributed by atoms with Crippen LogP contribution >= 0.6 is 0 Å². The number of benzene rings is 2. The molecule has 28 heavy (non-hydrogen) atoms. The Morgan fingerprint density at radius 3 is 2.64 bits per heavy atom. The molecule has 2 aromatic rings. The molecule has 0 fully saturated rings. The van der Waals surface area contributed by atoms with Crippen molar-refractivity contribution in [2.24, 2.45) is 0 Å². The Bertz CT molecular complexity index is 853. The normalized spacial score (nSPS) is 13.9. The van der Waals surface area contributed by atoms with E-state index < -0.39 is 12.1 Å². The first kappa shape index (κ1) is 19.4. The Morgan fingerprint density at radius 1 is 1.14 bits per heavy atom. The van der Waals surface area contributed by atoms with E-state index >= 15 is 0 Å². The van der Waals surface area contributed by atoms with E-state index in [2.05, 4.69) is 5.32 Å². The summed E-state index contributed by atoms with van der Waals surface area (Å²) in [6, 6.07) is 16.7. The first-order valence-corrected chi connectivity index (χ1v) is 9.08. The number of anilines is 1. The molecule has 0 saturated heterocycles. The Hall–Kier alpha value is -3.35. The highest BCUT2D eigenvalue weighted by molar-refractivity contribution is 6.01. The Labute approximate surface area is 163 Å². The molecule has 0 bridgehead atoms. The molecule has 1 atom stereocenters. The minimum Gasteiger partial charge on any atom is -0.482 e. The van der Waals surface area contributed by atoms with E-state index in [9.17, 15) is 14.4 Å². The largest absolute Gasteiger partial charge is 0.482 e. The summed E-state index contributed by atoms with van der Waals surface area (Å²) < 4.78 is 10.5. The van der Waals surface area contributed by atoms with Gasteiger partial charge in [0.2, 0.25) is 0 Å². The smallest absolute Gasteiger partial charge is 0.326 e. The highest BCUT2D eigenvalue weighted by Gasteiger charge is 2.28. The fourth-order valence-electron chi connectivity index (χ4n) is 2.86. The monoisotopic (exact) mass is 382 g/mol. The molecule has 2 aromatic carbocycles. The number of esters is 1. The van der Waals surface area contributed by atoms with E-state index in [0.717, 1.165) is 5.56 Å².